The Morgan fingerprint density at radius 2 is 2.14 bits per heavy atom. The van der Waals surface area contributed by atoms with Crippen molar-refractivity contribution in [3.63, 3.8) is 0 Å². The predicted molar refractivity (Wildman–Crippen MR) is 77.0 cm³/mol. The van der Waals surface area contributed by atoms with Gasteiger partial charge in [0.15, 0.2) is 11.6 Å². The number of ether oxygens (including phenoxy) is 1. The number of anilines is 1. The Balaban J connectivity index is 1.83. The molecular weight excluding hydrogens is 273 g/mol. The molecular formula is C15H12FN3O2. The van der Waals surface area contributed by atoms with E-state index < -0.39 is 11.7 Å². The normalized spacial score (nSPS) is 10.6. The van der Waals surface area contributed by atoms with E-state index in [9.17, 15) is 9.18 Å². The van der Waals surface area contributed by atoms with Crippen molar-refractivity contribution in [3.8, 4) is 5.75 Å². The van der Waals surface area contributed by atoms with Gasteiger partial charge in [0.05, 0.1) is 18.8 Å². The van der Waals surface area contributed by atoms with Gasteiger partial charge in [-0.1, -0.05) is 0 Å². The molecule has 2 aromatic carbocycles. The summed E-state index contributed by atoms with van der Waals surface area (Å²) in [5.41, 5.74) is 1.64. The van der Waals surface area contributed by atoms with Gasteiger partial charge in [-0.25, -0.2) is 4.39 Å². The van der Waals surface area contributed by atoms with Crippen LogP contribution in [0.15, 0.2) is 42.6 Å². The van der Waals surface area contributed by atoms with Crippen LogP contribution in [0.4, 0.5) is 10.1 Å². The topological polar surface area (TPSA) is 67.0 Å². The number of carbonyl (C=O) groups excluding carboxylic acids is 1. The van der Waals surface area contributed by atoms with Gasteiger partial charge in [0.1, 0.15) is 0 Å². The van der Waals surface area contributed by atoms with Crippen LogP contribution in [0.1, 0.15) is 10.4 Å². The average molecular weight is 285 g/mol. The fourth-order valence-electron chi connectivity index (χ4n) is 2.03. The Labute approximate surface area is 119 Å². The Morgan fingerprint density at radius 1 is 1.29 bits per heavy atom. The lowest BCUT2D eigenvalue weighted by Gasteiger charge is -2.07. The Morgan fingerprint density at radius 3 is 2.90 bits per heavy atom. The van der Waals surface area contributed by atoms with Gasteiger partial charge in [0, 0.05) is 16.6 Å². The standard InChI is InChI=1S/C15H12FN3O2/c1-21-14-5-3-9(6-12(14)16)15(20)18-11-4-2-10-8-17-19-13(10)7-11/h2-8H,1H3,(H,17,19)(H,18,20). The van der Waals surface area contributed by atoms with Crippen molar-refractivity contribution in [1.29, 1.82) is 0 Å². The minimum atomic E-state index is -0.575. The highest BCUT2D eigenvalue weighted by Crippen LogP contribution is 2.20. The zero-order valence-corrected chi connectivity index (χ0v) is 11.2. The summed E-state index contributed by atoms with van der Waals surface area (Å²) in [6.45, 7) is 0. The molecule has 0 unspecified atom stereocenters. The molecule has 0 radical (unpaired) electrons. The molecule has 0 aliphatic heterocycles. The van der Waals surface area contributed by atoms with Crippen molar-refractivity contribution in [2.24, 2.45) is 0 Å². The van der Waals surface area contributed by atoms with Crippen molar-refractivity contribution in [1.82, 2.24) is 10.2 Å². The number of rotatable bonds is 3. The molecule has 0 atom stereocenters. The number of amides is 1. The highest BCUT2D eigenvalue weighted by Gasteiger charge is 2.10. The second-order valence-electron chi connectivity index (χ2n) is 4.48. The van der Waals surface area contributed by atoms with Gasteiger partial charge < -0.3 is 10.1 Å². The van der Waals surface area contributed by atoms with Crippen molar-refractivity contribution < 1.29 is 13.9 Å². The molecule has 0 saturated carbocycles. The van der Waals surface area contributed by atoms with E-state index in [-0.39, 0.29) is 11.3 Å². The van der Waals surface area contributed by atoms with Crippen molar-refractivity contribution in [2.45, 2.75) is 0 Å². The number of fused-ring (bicyclic) bond motifs is 1. The smallest absolute Gasteiger partial charge is 0.255 e. The highest BCUT2D eigenvalue weighted by atomic mass is 19.1. The van der Waals surface area contributed by atoms with Crippen molar-refractivity contribution in [3.05, 3.63) is 54.0 Å². The molecule has 3 rings (SSSR count). The number of nitrogens with zero attached hydrogens (tertiary/aromatic N) is 1. The van der Waals surface area contributed by atoms with Crippen LogP contribution in [0.25, 0.3) is 10.9 Å². The number of aromatic amines is 1. The number of aromatic nitrogens is 2. The number of nitrogens with one attached hydrogen (secondary N) is 2. The van der Waals surface area contributed by atoms with Gasteiger partial charge in [-0.15, -0.1) is 0 Å². The van der Waals surface area contributed by atoms with Gasteiger partial charge in [-0.05, 0) is 36.4 Å². The third kappa shape index (κ3) is 2.55. The number of hydrogen-bond donors (Lipinski definition) is 2. The van der Waals surface area contributed by atoms with Crippen LogP contribution in [0.3, 0.4) is 0 Å². The average Bonchev–Trinajstić information content (AvgIpc) is 2.94. The minimum absolute atomic E-state index is 0.102. The number of hydrogen-bond acceptors (Lipinski definition) is 3. The van der Waals surface area contributed by atoms with Gasteiger partial charge >= 0.3 is 0 Å². The summed E-state index contributed by atoms with van der Waals surface area (Å²) in [5, 5.41) is 10.4. The third-order valence-corrected chi connectivity index (χ3v) is 3.11. The Bertz CT molecular complexity index is 814. The molecule has 106 valence electrons. The molecule has 0 spiro atoms. The van der Waals surface area contributed by atoms with Gasteiger partial charge in [0.2, 0.25) is 0 Å². The maximum atomic E-state index is 13.6. The summed E-state index contributed by atoms with van der Waals surface area (Å²) >= 11 is 0. The molecule has 1 aromatic heterocycles. The minimum Gasteiger partial charge on any atom is -0.494 e. The predicted octanol–water partition coefficient (Wildman–Crippen LogP) is 2.96. The molecule has 0 aliphatic rings. The van der Waals surface area contributed by atoms with Crippen molar-refractivity contribution in [2.75, 3.05) is 12.4 Å². The summed E-state index contributed by atoms with van der Waals surface area (Å²) in [4.78, 5) is 12.1. The monoisotopic (exact) mass is 285 g/mol. The lowest BCUT2D eigenvalue weighted by molar-refractivity contribution is 0.102. The molecule has 21 heavy (non-hydrogen) atoms. The van der Waals surface area contributed by atoms with E-state index in [0.717, 1.165) is 17.0 Å². The first-order valence-corrected chi connectivity index (χ1v) is 6.25. The Kier molecular flexibility index (Phi) is 3.27. The molecule has 0 fully saturated rings. The number of benzene rings is 2. The maximum absolute atomic E-state index is 13.6. The first kappa shape index (κ1) is 13.1. The van der Waals surface area contributed by atoms with Gasteiger partial charge in [0.25, 0.3) is 5.91 Å². The van der Waals surface area contributed by atoms with E-state index in [1.165, 1.54) is 19.2 Å². The number of halogens is 1. The van der Waals surface area contributed by atoms with E-state index in [4.69, 9.17) is 4.74 Å². The van der Waals surface area contributed by atoms with Crippen LogP contribution in [0.2, 0.25) is 0 Å². The first-order valence-electron chi connectivity index (χ1n) is 6.25. The largest absolute Gasteiger partial charge is 0.494 e. The molecule has 0 bridgehead atoms. The van der Waals surface area contributed by atoms with Crippen LogP contribution in [0, 0.1) is 5.82 Å². The summed E-state index contributed by atoms with van der Waals surface area (Å²) in [7, 11) is 1.37. The van der Waals surface area contributed by atoms with Gasteiger partial charge in [-0.2, -0.15) is 5.10 Å². The zero-order chi connectivity index (χ0) is 14.8. The van der Waals surface area contributed by atoms with Crippen LogP contribution < -0.4 is 10.1 Å². The Hall–Kier alpha value is -2.89. The van der Waals surface area contributed by atoms with Crippen LogP contribution >= 0.6 is 0 Å². The second kappa shape index (κ2) is 5.24. The van der Waals surface area contributed by atoms with Crippen LogP contribution in [-0.2, 0) is 0 Å². The van der Waals surface area contributed by atoms with E-state index in [1.54, 1.807) is 18.3 Å². The quantitative estimate of drug-likeness (QED) is 0.777. The molecule has 0 saturated heterocycles. The lowest BCUT2D eigenvalue weighted by atomic mass is 10.2. The summed E-state index contributed by atoms with van der Waals surface area (Å²) in [6, 6.07) is 9.43. The number of carbonyl (C=O) groups is 1. The molecule has 6 heteroatoms. The fourth-order valence-corrected chi connectivity index (χ4v) is 2.03. The molecule has 1 amide bonds. The van der Waals surface area contributed by atoms with Crippen molar-refractivity contribution >= 4 is 22.5 Å². The lowest BCUT2D eigenvalue weighted by Crippen LogP contribution is -2.12. The van der Waals surface area contributed by atoms with Crippen LogP contribution in [0.5, 0.6) is 5.75 Å². The third-order valence-electron chi connectivity index (χ3n) is 3.11. The van der Waals surface area contributed by atoms with E-state index in [0.29, 0.717) is 5.69 Å². The second-order valence-corrected chi connectivity index (χ2v) is 4.48. The summed E-state index contributed by atoms with van der Waals surface area (Å²) in [6.07, 6.45) is 1.69. The highest BCUT2D eigenvalue weighted by molar-refractivity contribution is 6.05. The van der Waals surface area contributed by atoms with E-state index in [1.807, 2.05) is 6.07 Å². The SMILES string of the molecule is COc1ccc(C(=O)Nc2ccc3cn[nH]c3c2)cc1F. The van der Waals surface area contributed by atoms with E-state index in [2.05, 4.69) is 15.5 Å². The molecule has 2 N–H and O–H groups in total. The molecule has 1 heterocycles. The zero-order valence-electron chi connectivity index (χ0n) is 11.2. The first-order chi connectivity index (χ1) is 10.2. The van der Waals surface area contributed by atoms with Gasteiger partial charge in [-0.3, -0.25) is 9.89 Å². The van der Waals surface area contributed by atoms with E-state index >= 15 is 0 Å². The summed E-state index contributed by atoms with van der Waals surface area (Å²) in [5.74, 6) is -0.866. The fraction of sp³-hybridized carbons (Fsp3) is 0.0667. The number of methoxy groups -OCH3 is 1. The maximum Gasteiger partial charge on any atom is 0.255 e. The summed E-state index contributed by atoms with van der Waals surface area (Å²) < 4.78 is 18.4. The molecule has 5 nitrogen and oxygen atoms in total. The number of H-pyrrole nitrogens is 1. The molecule has 3 aromatic rings. The molecule has 0 aliphatic carbocycles. The van der Waals surface area contributed by atoms with Crippen LogP contribution in [-0.4, -0.2) is 23.2 Å².